The third-order valence-corrected chi connectivity index (χ3v) is 4.45. The second-order valence-corrected chi connectivity index (χ2v) is 6.06. The zero-order valence-electron chi connectivity index (χ0n) is 14.1. The van der Waals surface area contributed by atoms with Gasteiger partial charge in [-0.2, -0.15) is 0 Å². The molecular weight excluding hydrogens is 288 g/mol. The lowest BCUT2D eigenvalue weighted by atomic mass is 10.0. The lowest BCUT2D eigenvalue weighted by molar-refractivity contribution is 0.248. The zero-order chi connectivity index (χ0) is 16.2. The quantitative estimate of drug-likeness (QED) is 0.867. The summed E-state index contributed by atoms with van der Waals surface area (Å²) in [5.74, 6) is 1.81. The SMILES string of the molecule is COc1cc(C)c(CN2CCN(c3ncccn3)CC2)cc1C. The maximum absolute atomic E-state index is 5.40. The second-order valence-electron chi connectivity index (χ2n) is 6.06. The Morgan fingerprint density at radius 1 is 1.00 bits per heavy atom. The summed E-state index contributed by atoms with van der Waals surface area (Å²) in [6.07, 6.45) is 3.61. The number of benzene rings is 1. The Morgan fingerprint density at radius 3 is 2.35 bits per heavy atom. The Kier molecular flexibility index (Phi) is 4.76. The fourth-order valence-corrected chi connectivity index (χ4v) is 3.04. The fourth-order valence-electron chi connectivity index (χ4n) is 3.04. The summed E-state index contributed by atoms with van der Waals surface area (Å²) in [6.45, 7) is 9.25. The van der Waals surface area contributed by atoms with Gasteiger partial charge in [0.25, 0.3) is 0 Å². The van der Waals surface area contributed by atoms with Crippen molar-refractivity contribution < 1.29 is 4.74 Å². The molecule has 2 aromatic rings. The monoisotopic (exact) mass is 312 g/mol. The van der Waals surface area contributed by atoms with Gasteiger partial charge in [-0.1, -0.05) is 6.07 Å². The highest BCUT2D eigenvalue weighted by atomic mass is 16.5. The lowest BCUT2D eigenvalue weighted by Crippen LogP contribution is -2.46. The maximum Gasteiger partial charge on any atom is 0.225 e. The van der Waals surface area contributed by atoms with E-state index in [0.717, 1.165) is 44.4 Å². The van der Waals surface area contributed by atoms with E-state index in [9.17, 15) is 0 Å². The van der Waals surface area contributed by atoms with Crippen molar-refractivity contribution in [2.45, 2.75) is 20.4 Å². The van der Waals surface area contributed by atoms with Gasteiger partial charge in [-0.3, -0.25) is 4.90 Å². The Hall–Kier alpha value is -2.14. The van der Waals surface area contributed by atoms with Crippen LogP contribution >= 0.6 is 0 Å². The van der Waals surface area contributed by atoms with E-state index in [1.54, 1.807) is 19.5 Å². The molecule has 0 spiro atoms. The number of hydrogen-bond donors (Lipinski definition) is 0. The Labute approximate surface area is 137 Å². The summed E-state index contributed by atoms with van der Waals surface area (Å²) in [7, 11) is 1.73. The highest BCUT2D eigenvalue weighted by Gasteiger charge is 2.19. The minimum atomic E-state index is 0.837. The van der Waals surface area contributed by atoms with Crippen LogP contribution in [-0.4, -0.2) is 48.2 Å². The van der Waals surface area contributed by atoms with Gasteiger partial charge in [-0.25, -0.2) is 9.97 Å². The van der Waals surface area contributed by atoms with E-state index in [2.05, 4.69) is 45.7 Å². The van der Waals surface area contributed by atoms with E-state index in [1.807, 2.05) is 6.07 Å². The topological polar surface area (TPSA) is 41.5 Å². The number of aryl methyl sites for hydroxylation is 2. The summed E-state index contributed by atoms with van der Waals surface area (Å²) in [6, 6.07) is 6.24. The Bertz CT molecular complexity index is 652. The molecule has 5 nitrogen and oxygen atoms in total. The highest BCUT2D eigenvalue weighted by Crippen LogP contribution is 2.24. The first-order valence-electron chi connectivity index (χ1n) is 8.06. The van der Waals surface area contributed by atoms with Gasteiger partial charge in [-0.15, -0.1) is 0 Å². The van der Waals surface area contributed by atoms with Crippen molar-refractivity contribution >= 4 is 5.95 Å². The van der Waals surface area contributed by atoms with Crippen LogP contribution in [0.25, 0.3) is 0 Å². The van der Waals surface area contributed by atoms with Crippen LogP contribution in [0.5, 0.6) is 5.75 Å². The molecule has 0 aliphatic carbocycles. The Balaban J connectivity index is 1.62. The van der Waals surface area contributed by atoms with Crippen LogP contribution in [0.2, 0.25) is 0 Å². The van der Waals surface area contributed by atoms with Crippen LogP contribution < -0.4 is 9.64 Å². The fraction of sp³-hybridized carbons (Fsp3) is 0.444. The molecule has 1 fully saturated rings. The van der Waals surface area contributed by atoms with Crippen molar-refractivity contribution in [1.29, 1.82) is 0 Å². The third-order valence-electron chi connectivity index (χ3n) is 4.45. The van der Waals surface area contributed by atoms with Crippen LogP contribution in [0.1, 0.15) is 16.7 Å². The summed E-state index contributed by atoms with van der Waals surface area (Å²) in [4.78, 5) is 13.4. The number of hydrogen-bond acceptors (Lipinski definition) is 5. The van der Waals surface area contributed by atoms with Crippen LogP contribution in [0.4, 0.5) is 5.95 Å². The predicted octanol–water partition coefficient (Wildman–Crippen LogP) is 2.42. The number of methoxy groups -OCH3 is 1. The first-order valence-corrected chi connectivity index (χ1v) is 8.06. The number of anilines is 1. The molecule has 0 bridgehead atoms. The van der Waals surface area contributed by atoms with Crippen LogP contribution in [0, 0.1) is 13.8 Å². The number of piperazine rings is 1. The van der Waals surface area contributed by atoms with Gasteiger partial charge in [0.15, 0.2) is 0 Å². The molecule has 0 unspecified atom stereocenters. The molecular formula is C18H24N4O. The van der Waals surface area contributed by atoms with E-state index in [1.165, 1.54) is 16.7 Å². The number of rotatable bonds is 4. The molecule has 5 heteroatoms. The van der Waals surface area contributed by atoms with Crippen LogP contribution in [0.3, 0.4) is 0 Å². The van der Waals surface area contributed by atoms with Crippen molar-refractivity contribution in [3.05, 3.63) is 47.3 Å². The summed E-state index contributed by atoms with van der Waals surface area (Å²) in [5.41, 5.74) is 3.87. The van der Waals surface area contributed by atoms with E-state index < -0.39 is 0 Å². The largest absolute Gasteiger partial charge is 0.496 e. The summed E-state index contributed by atoms with van der Waals surface area (Å²) >= 11 is 0. The predicted molar refractivity (Wildman–Crippen MR) is 92.0 cm³/mol. The smallest absolute Gasteiger partial charge is 0.225 e. The van der Waals surface area contributed by atoms with Gasteiger partial charge in [0, 0.05) is 45.1 Å². The van der Waals surface area contributed by atoms with Crippen molar-refractivity contribution in [2.24, 2.45) is 0 Å². The van der Waals surface area contributed by atoms with Crippen molar-refractivity contribution in [2.75, 3.05) is 38.2 Å². The molecule has 1 aliphatic rings. The van der Waals surface area contributed by atoms with Gasteiger partial charge >= 0.3 is 0 Å². The first-order chi connectivity index (χ1) is 11.2. The van der Waals surface area contributed by atoms with Crippen molar-refractivity contribution in [1.82, 2.24) is 14.9 Å². The van der Waals surface area contributed by atoms with E-state index in [0.29, 0.717) is 0 Å². The molecule has 1 aliphatic heterocycles. The molecule has 0 amide bonds. The van der Waals surface area contributed by atoms with Crippen molar-refractivity contribution in [3.8, 4) is 5.75 Å². The lowest BCUT2D eigenvalue weighted by Gasteiger charge is -2.35. The van der Waals surface area contributed by atoms with Gasteiger partial charge in [-0.05, 0) is 42.7 Å². The average molecular weight is 312 g/mol. The molecule has 0 N–H and O–H groups in total. The molecule has 3 rings (SSSR count). The summed E-state index contributed by atoms with van der Waals surface area (Å²) < 4.78 is 5.40. The zero-order valence-corrected chi connectivity index (χ0v) is 14.1. The standard InChI is InChI=1S/C18H24N4O/c1-14-12-17(23-3)15(2)11-16(14)13-21-7-9-22(10-8-21)18-19-5-4-6-20-18/h4-6,11-12H,7-10,13H2,1-3H3. The van der Waals surface area contributed by atoms with E-state index in [-0.39, 0.29) is 0 Å². The minimum absolute atomic E-state index is 0.837. The molecule has 0 saturated carbocycles. The van der Waals surface area contributed by atoms with E-state index >= 15 is 0 Å². The van der Waals surface area contributed by atoms with Gasteiger partial charge in [0.05, 0.1) is 7.11 Å². The van der Waals surface area contributed by atoms with Crippen LogP contribution in [-0.2, 0) is 6.54 Å². The average Bonchev–Trinajstić information content (AvgIpc) is 2.59. The van der Waals surface area contributed by atoms with Gasteiger partial charge in [0.1, 0.15) is 5.75 Å². The number of aromatic nitrogens is 2. The second kappa shape index (κ2) is 6.96. The third kappa shape index (κ3) is 3.62. The van der Waals surface area contributed by atoms with Gasteiger partial charge in [0.2, 0.25) is 5.95 Å². The maximum atomic E-state index is 5.40. The van der Waals surface area contributed by atoms with Gasteiger partial charge < -0.3 is 9.64 Å². The summed E-state index contributed by atoms with van der Waals surface area (Å²) in [5, 5.41) is 0. The molecule has 2 heterocycles. The molecule has 1 saturated heterocycles. The molecule has 0 radical (unpaired) electrons. The molecule has 122 valence electrons. The Morgan fingerprint density at radius 2 is 1.70 bits per heavy atom. The van der Waals surface area contributed by atoms with Crippen molar-refractivity contribution in [3.63, 3.8) is 0 Å². The van der Waals surface area contributed by atoms with E-state index in [4.69, 9.17) is 4.74 Å². The number of nitrogens with zero attached hydrogens (tertiary/aromatic N) is 4. The molecule has 1 aromatic carbocycles. The van der Waals surface area contributed by atoms with Crippen LogP contribution in [0.15, 0.2) is 30.6 Å². The number of ether oxygens (including phenoxy) is 1. The normalized spacial score (nSPS) is 15.7. The highest BCUT2D eigenvalue weighted by molar-refractivity contribution is 5.41. The first kappa shape index (κ1) is 15.7. The molecule has 23 heavy (non-hydrogen) atoms. The minimum Gasteiger partial charge on any atom is -0.496 e. The molecule has 0 atom stereocenters. The molecule has 1 aromatic heterocycles.